The largest absolute Gasteiger partial charge is 0.0949 e. The summed E-state index contributed by atoms with van der Waals surface area (Å²) >= 11 is 0. The van der Waals surface area contributed by atoms with Gasteiger partial charge in [0, 0.05) is 0 Å². The predicted octanol–water partition coefficient (Wildman–Crippen LogP) is 17.5. The van der Waals surface area contributed by atoms with E-state index in [1.807, 2.05) is 0 Å². The van der Waals surface area contributed by atoms with Gasteiger partial charge in [-0.1, -0.05) is 208 Å². The van der Waals surface area contributed by atoms with E-state index in [4.69, 9.17) is 0 Å². The van der Waals surface area contributed by atoms with Crippen LogP contribution in [0.25, 0.3) is 50.1 Å². The van der Waals surface area contributed by atoms with Gasteiger partial charge in [-0.25, -0.2) is 0 Å². The van der Waals surface area contributed by atoms with Gasteiger partial charge in [0.2, 0.25) is 0 Å². The monoisotopic (exact) mass is 799 g/mol. The third-order valence-electron chi connectivity index (χ3n) is 11.9. The summed E-state index contributed by atoms with van der Waals surface area (Å²) in [7, 11) is 0. The van der Waals surface area contributed by atoms with Crippen molar-refractivity contribution < 1.29 is 0 Å². The molecule has 0 aromatic heterocycles. The molecule has 0 heteroatoms. The number of allylic oxidation sites excluding steroid dienone is 3. The van der Waals surface area contributed by atoms with Crippen LogP contribution in [0.4, 0.5) is 0 Å². The van der Waals surface area contributed by atoms with Crippen LogP contribution in [0.15, 0.2) is 176 Å². The Morgan fingerprint density at radius 3 is 1.48 bits per heavy atom. The van der Waals surface area contributed by atoms with Crippen molar-refractivity contribution in [1.29, 1.82) is 0 Å². The van der Waals surface area contributed by atoms with E-state index in [1.165, 1.54) is 132 Å². The molecular formula is C61H66. The molecule has 0 radical (unpaired) electrons. The first-order chi connectivity index (χ1) is 29.6. The van der Waals surface area contributed by atoms with Gasteiger partial charge in [-0.3, -0.25) is 0 Å². The summed E-state index contributed by atoms with van der Waals surface area (Å²) in [5.74, 6) is 0.672. The summed E-state index contributed by atoms with van der Waals surface area (Å²) in [4.78, 5) is 0. The molecule has 7 aromatic rings. The molecule has 0 bridgehead atoms. The van der Waals surface area contributed by atoms with Gasteiger partial charge in [0.1, 0.15) is 0 Å². The molecule has 0 heterocycles. The molecule has 7 aromatic carbocycles. The highest BCUT2D eigenvalue weighted by molar-refractivity contribution is 5.84. The summed E-state index contributed by atoms with van der Waals surface area (Å²) in [6.45, 7) is 21.8. The molecular weight excluding hydrogens is 733 g/mol. The van der Waals surface area contributed by atoms with Crippen LogP contribution in [-0.4, -0.2) is 0 Å². The molecule has 0 N–H and O–H groups in total. The number of rotatable bonds is 11. The third kappa shape index (κ3) is 12.1. The van der Waals surface area contributed by atoms with Crippen molar-refractivity contribution in [3.63, 3.8) is 0 Å². The maximum Gasteiger partial charge on any atom is -0.0147 e. The van der Waals surface area contributed by atoms with Crippen molar-refractivity contribution in [3.8, 4) is 44.5 Å². The Kier molecular flexibility index (Phi) is 15.7. The molecule has 0 saturated heterocycles. The zero-order chi connectivity index (χ0) is 43.3. The molecule has 1 aliphatic carbocycles. The van der Waals surface area contributed by atoms with Gasteiger partial charge in [-0.05, 0) is 163 Å². The number of benzene rings is 7. The summed E-state index contributed by atoms with van der Waals surface area (Å²) in [6.07, 6.45) is 9.59. The van der Waals surface area contributed by atoms with Gasteiger partial charge in [0.25, 0.3) is 0 Å². The number of hydrogen-bond donors (Lipinski definition) is 0. The summed E-state index contributed by atoms with van der Waals surface area (Å²) in [6, 6.07) is 57.5. The lowest BCUT2D eigenvalue weighted by molar-refractivity contribution is 0.921. The van der Waals surface area contributed by atoms with E-state index in [2.05, 4.69) is 226 Å². The molecule has 0 nitrogen and oxygen atoms in total. The van der Waals surface area contributed by atoms with Crippen LogP contribution >= 0.6 is 0 Å². The van der Waals surface area contributed by atoms with Crippen LogP contribution in [0, 0.1) is 40.5 Å². The quantitative estimate of drug-likeness (QED) is 0.114. The molecule has 1 aliphatic rings. The molecule has 1 saturated carbocycles. The maximum absolute atomic E-state index is 4.41. The fraction of sp³-hybridized carbons (Fsp3) is 0.246. The zero-order valence-electron chi connectivity index (χ0n) is 38.1. The second kappa shape index (κ2) is 21.5. The minimum atomic E-state index is 0.672. The highest BCUT2D eigenvalue weighted by Crippen LogP contribution is 2.43. The topological polar surface area (TPSA) is 0 Å². The smallest absolute Gasteiger partial charge is 0.0147 e. The highest BCUT2D eigenvalue weighted by Gasteiger charge is 2.27. The van der Waals surface area contributed by atoms with Gasteiger partial charge in [-0.2, -0.15) is 0 Å². The van der Waals surface area contributed by atoms with Crippen LogP contribution in [0.3, 0.4) is 0 Å². The third-order valence-corrected chi connectivity index (χ3v) is 11.9. The molecule has 310 valence electrons. The Balaban J connectivity index is 0.000000190. The lowest BCUT2D eigenvalue weighted by Crippen LogP contribution is -1.95. The van der Waals surface area contributed by atoms with Crippen LogP contribution in [0.5, 0.6) is 0 Å². The number of aryl methyl sites for hydroxylation is 7. The Morgan fingerprint density at radius 2 is 0.967 bits per heavy atom. The molecule has 1 fully saturated rings. The first-order valence-corrected chi connectivity index (χ1v) is 22.5. The van der Waals surface area contributed by atoms with E-state index in [9.17, 15) is 0 Å². The van der Waals surface area contributed by atoms with E-state index in [0.29, 0.717) is 5.92 Å². The normalized spacial score (nSPS) is 12.2. The lowest BCUT2D eigenvalue weighted by atomic mass is 9.89. The second-order valence-corrected chi connectivity index (χ2v) is 17.0. The SMILES string of the molecule is C=C(/C(=C\C)c1cc(-c2ccc(-c3ccc(-c4ccc(C)cc4)cc3)cc2)ccc1C)C1CC1.CCCc1ccc(C)cc1.CCCc1ccc(C)cc1-c1ccccc1C. The first-order valence-electron chi connectivity index (χ1n) is 22.5. The van der Waals surface area contributed by atoms with Gasteiger partial charge in [0.05, 0.1) is 0 Å². The Morgan fingerprint density at radius 1 is 0.492 bits per heavy atom. The Labute approximate surface area is 368 Å². The van der Waals surface area contributed by atoms with Gasteiger partial charge in [0.15, 0.2) is 0 Å². The summed E-state index contributed by atoms with van der Waals surface area (Å²) in [5, 5.41) is 0. The molecule has 61 heavy (non-hydrogen) atoms. The molecule has 8 rings (SSSR count). The second-order valence-electron chi connectivity index (χ2n) is 17.0. The van der Waals surface area contributed by atoms with Crippen molar-refractivity contribution in [3.05, 3.63) is 220 Å². The van der Waals surface area contributed by atoms with Crippen molar-refractivity contribution >= 4 is 5.57 Å². The average Bonchev–Trinajstić information content (AvgIpc) is 4.14. The summed E-state index contributed by atoms with van der Waals surface area (Å²) < 4.78 is 0. The van der Waals surface area contributed by atoms with E-state index < -0.39 is 0 Å². The van der Waals surface area contributed by atoms with Gasteiger partial charge in [-0.15, -0.1) is 0 Å². The van der Waals surface area contributed by atoms with Crippen molar-refractivity contribution in [1.82, 2.24) is 0 Å². The van der Waals surface area contributed by atoms with Crippen LogP contribution in [-0.2, 0) is 12.8 Å². The van der Waals surface area contributed by atoms with E-state index >= 15 is 0 Å². The Bertz CT molecular complexity index is 2520. The van der Waals surface area contributed by atoms with Crippen LogP contribution in [0.1, 0.15) is 91.0 Å². The zero-order valence-corrected chi connectivity index (χ0v) is 38.1. The van der Waals surface area contributed by atoms with E-state index in [0.717, 1.165) is 6.42 Å². The lowest BCUT2D eigenvalue weighted by Gasteiger charge is -2.15. The highest BCUT2D eigenvalue weighted by atomic mass is 14.3. The minimum absolute atomic E-state index is 0.672. The van der Waals surface area contributed by atoms with Crippen LogP contribution in [0.2, 0.25) is 0 Å². The maximum atomic E-state index is 4.41. The number of hydrogen-bond acceptors (Lipinski definition) is 0. The fourth-order valence-corrected chi connectivity index (χ4v) is 8.06. The van der Waals surface area contributed by atoms with E-state index in [1.54, 1.807) is 0 Å². The molecule has 0 spiro atoms. The average molecular weight is 799 g/mol. The molecule has 0 atom stereocenters. The first kappa shape index (κ1) is 44.6. The van der Waals surface area contributed by atoms with Crippen molar-refractivity contribution in [2.45, 2.75) is 93.9 Å². The van der Waals surface area contributed by atoms with Crippen LogP contribution < -0.4 is 0 Å². The fourth-order valence-electron chi connectivity index (χ4n) is 8.06. The molecule has 0 unspecified atom stereocenters. The standard InChI is InChI=1S/C34H32.C17H20.C10H14/c1-5-33(25(4)26-12-13-26)34-22-32(11-8-24(34)3)31-20-18-30(19-21-31)29-16-14-28(15-17-29)27-9-6-23(2)7-10-27;1-4-7-15-11-10-13(2)12-17(15)16-9-6-5-8-14(16)3;1-3-4-10-7-5-9(2)6-8-10/h5-11,14-22,26H,4,12-13H2,1-3H3;5-6,8-12H,4,7H2,1-3H3;5-8H,3-4H2,1-2H3/b33-5+;;. The molecule has 0 amide bonds. The van der Waals surface area contributed by atoms with Gasteiger partial charge >= 0.3 is 0 Å². The van der Waals surface area contributed by atoms with Crippen molar-refractivity contribution in [2.24, 2.45) is 5.92 Å². The minimum Gasteiger partial charge on any atom is -0.0949 e. The Hall–Kier alpha value is -5.98. The molecule has 0 aliphatic heterocycles. The predicted molar refractivity (Wildman–Crippen MR) is 268 cm³/mol. The van der Waals surface area contributed by atoms with E-state index in [-0.39, 0.29) is 0 Å². The van der Waals surface area contributed by atoms with Crippen molar-refractivity contribution in [2.75, 3.05) is 0 Å². The van der Waals surface area contributed by atoms with Gasteiger partial charge < -0.3 is 0 Å². The summed E-state index contributed by atoms with van der Waals surface area (Å²) in [5.41, 5.74) is 23.7.